The molecule has 1 aromatic heterocycles. The predicted molar refractivity (Wildman–Crippen MR) is 101 cm³/mol. The summed E-state index contributed by atoms with van der Waals surface area (Å²) < 4.78 is 43.9. The van der Waals surface area contributed by atoms with Gasteiger partial charge in [0.05, 0.1) is 13.1 Å². The van der Waals surface area contributed by atoms with Crippen molar-refractivity contribution in [1.29, 1.82) is 0 Å². The van der Waals surface area contributed by atoms with E-state index in [1.807, 2.05) is 0 Å². The molecule has 2 aromatic rings. The van der Waals surface area contributed by atoms with Gasteiger partial charge in [0.1, 0.15) is 0 Å². The third-order valence-corrected chi connectivity index (χ3v) is 4.28. The van der Waals surface area contributed by atoms with Crippen LogP contribution in [0, 0.1) is 0 Å². The summed E-state index contributed by atoms with van der Waals surface area (Å²) in [6, 6.07) is 8.84. The smallest absolute Gasteiger partial charge is 0.418 e. The number of hydrogen-bond acceptors (Lipinski definition) is 0. The third-order valence-electron chi connectivity index (χ3n) is 4.28. The van der Waals surface area contributed by atoms with Crippen LogP contribution in [0.4, 0.5) is 17.3 Å². The van der Waals surface area contributed by atoms with Gasteiger partial charge in [-0.05, 0) is 37.8 Å². The van der Waals surface area contributed by atoms with Gasteiger partial charge in [0, 0.05) is 0 Å². The fourth-order valence-electron chi connectivity index (χ4n) is 3.02. The van der Waals surface area contributed by atoms with Crippen molar-refractivity contribution in [3.05, 3.63) is 30.6 Å². The number of nitrogens with zero attached hydrogens (tertiary/aromatic N) is 2. The molecule has 0 aliphatic carbocycles. The summed E-state index contributed by atoms with van der Waals surface area (Å²) in [5.41, 5.74) is 2.79. The van der Waals surface area contributed by atoms with Crippen molar-refractivity contribution < 1.29 is 21.8 Å². The number of unbranched alkanes of at least 4 members (excludes halogenated alkanes) is 6. The molecule has 0 amide bonds. The second kappa shape index (κ2) is 12.0. The van der Waals surface area contributed by atoms with Crippen molar-refractivity contribution in [2.45, 2.75) is 78.3 Å². The number of benzene rings is 1. The van der Waals surface area contributed by atoms with Gasteiger partial charge in [-0.1, -0.05) is 51.7 Å². The van der Waals surface area contributed by atoms with E-state index in [-0.39, 0.29) is 0 Å². The van der Waals surface area contributed by atoms with E-state index < -0.39 is 7.25 Å². The minimum atomic E-state index is -6.00. The van der Waals surface area contributed by atoms with E-state index in [9.17, 15) is 17.3 Å². The van der Waals surface area contributed by atoms with E-state index in [1.165, 1.54) is 62.4 Å². The molecule has 0 saturated carbocycles. The first-order chi connectivity index (χ1) is 12.4. The van der Waals surface area contributed by atoms with E-state index in [4.69, 9.17) is 0 Å². The molecule has 0 aliphatic heterocycles. The first-order valence-electron chi connectivity index (χ1n) is 9.71. The van der Waals surface area contributed by atoms with Gasteiger partial charge >= 0.3 is 7.25 Å². The summed E-state index contributed by atoms with van der Waals surface area (Å²) in [6.45, 7) is 6.86. The van der Waals surface area contributed by atoms with Crippen LogP contribution in [0.3, 0.4) is 0 Å². The molecule has 0 aliphatic rings. The minimum Gasteiger partial charge on any atom is -0.418 e. The van der Waals surface area contributed by atoms with Crippen LogP contribution in [0.15, 0.2) is 30.6 Å². The quantitative estimate of drug-likeness (QED) is 0.197. The average molecular weight is 374 g/mol. The van der Waals surface area contributed by atoms with Gasteiger partial charge in [-0.15, -0.1) is 0 Å². The van der Waals surface area contributed by atoms with E-state index >= 15 is 0 Å². The maximum atomic E-state index is 9.75. The SMILES string of the molecule is CCCCCCn1c[n+](CCCCCC)c2ccccc21.F[B-](F)(F)F. The van der Waals surface area contributed by atoms with Gasteiger partial charge in [-0.3, -0.25) is 0 Å². The Hall–Kier alpha value is -1.53. The molecule has 0 atom stereocenters. The maximum absolute atomic E-state index is 9.75. The molecule has 1 heterocycles. The largest absolute Gasteiger partial charge is 0.673 e. The first-order valence-corrected chi connectivity index (χ1v) is 9.71. The summed E-state index contributed by atoms with van der Waals surface area (Å²) in [7, 11) is -6.00. The van der Waals surface area contributed by atoms with Crippen molar-refractivity contribution in [3.63, 3.8) is 0 Å². The van der Waals surface area contributed by atoms with E-state index in [0.717, 1.165) is 13.1 Å². The predicted octanol–water partition coefficient (Wildman–Crippen LogP) is 6.39. The van der Waals surface area contributed by atoms with Crippen LogP contribution in [-0.4, -0.2) is 11.8 Å². The van der Waals surface area contributed by atoms with Crippen molar-refractivity contribution >= 4 is 18.3 Å². The molecule has 0 saturated heterocycles. The Morgan fingerprint density at radius 1 is 0.846 bits per heavy atom. The monoisotopic (exact) mass is 374 g/mol. The van der Waals surface area contributed by atoms with Gasteiger partial charge in [-0.25, -0.2) is 9.13 Å². The van der Waals surface area contributed by atoms with Crippen molar-refractivity contribution in [3.8, 4) is 0 Å². The second-order valence-corrected chi connectivity index (χ2v) is 6.61. The lowest BCUT2D eigenvalue weighted by Gasteiger charge is -1.98. The van der Waals surface area contributed by atoms with Gasteiger partial charge in [0.25, 0.3) is 0 Å². The number of imidazole rings is 1. The molecule has 148 valence electrons. The molecule has 0 radical (unpaired) electrons. The van der Waals surface area contributed by atoms with Crippen LogP contribution in [-0.2, 0) is 13.1 Å². The van der Waals surface area contributed by atoms with E-state index in [0.29, 0.717) is 0 Å². The molecule has 0 spiro atoms. The Morgan fingerprint density at radius 2 is 1.42 bits per heavy atom. The lowest BCUT2D eigenvalue weighted by atomic mass is 10.2. The van der Waals surface area contributed by atoms with Gasteiger partial charge in [-0.2, -0.15) is 0 Å². The number of para-hydroxylation sites is 2. The van der Waals surface area contributed by atoms with E-state index in [1.54, 1.807) is 0 Å². The average Bonchev–Trinajstić information content (AvgIpc) is 2.92. The molecular formula is C19H31BF4N2. The summed E-state index contributed by atoms with van der Waals surface area (Å²) in [6.07, 6.45) is 13.0. The summed E-state index contributed by atoms with van der Waals surface area (Å²) >= 11 is 0. The molecule has 26 heavy (non-hydrogen) atoms. The Labute approximate surface area is 154 Å². The van der Waals surface area contributed by atoms with Gasteiger partial charge < -0.3 is 17.3 Å². The molecule has 1 aromatic carbocycles. The zero-order chi connectivity index (χ0) is 19.4. The van der Waals surface area contributed by atoms with Crippen LogP contribution in [0.25, 0.3) is 11.0 Å². The second-order valence-electron chi connectivity index (χ2n) is 6.61. The number of aromatic nitrogens is 2. The van der Waals surface area contributed by atoms with Crippen LogP contribution >= 0.6 is 0 Å². The molecule has 2 rings (SSSR count). The number of rotatable bonds is 10. The molecule has 0 fully saturated rings. The summed E-state index contributed by atoms with van der Waals surface area (Å²) in [4.78, 5) is 0. The van der Waals surface area contributed by atoms with Gasteiger partial charge in [0.15, 0.2) is 11.0 Å². The molecule has 0 N–H and O–H groups in total. The van der Waals surface area contributed by atoms with Crippen LogP contribution in [0.5, 0.6) is 0 Å². The zero-order valence-corrected chi connectivity index (χ0v) is 15.9. The van der Waals surface area contributed by atoms with Crippen LogP contribution < -0.4 is 4.57 Å². The Balaban J connectivity index is 0.000000597. The van der Waals surface area contributed by atoms with Crippen LogP contribution in [0.1, 0.15) is 65.2 Å². The lowest BCUT2D eigenvalue weighted by Crippen LogP contribution is -2.32. The highest BCUT2D eigenvalue weighted by Crippen LogP contribution is 2.13. The Morgan fingerprint density at radius 3 is 2.04 bits per heavy atom. The Bertz CT molecular complexity index is 574. The van der Waals surface area contributed by atoms with E-state index in [2.05, 4.69) is 53.6 Å². The normalized spacial score (nSPS) is 11.5. The first kappa shape index (κ1) is 22.5. The fraction of sp³-hybridized carbons (Fsp3) is 0.632. The summed E-state index contributed by atoms with van der Waals surface area (Å²) in [5.74, 6) is 0. The molecule has 0 bridgehead atoms. The summed E-state index contributed by atoms with van der Waals surface area (Å²) in [5, 5.41) is 0. The van der Waals surface area contributed by atoms with Crippen molar-refractivity contribution in [1.82, 2.24) is 4.57 Å². The van der Waals surface area contributed by atoms with Crippen molar-refractivity contribution in [2.75, 3.05) is 0 Å². The van der Waals surface area contributed by atoms with Crippen molar-refractivity contribution in [2.24, 2.45) is 0 Å². The molecule has 0 unspecified atom stereocenters. The number of halogens is 4. The van der Waals surface area contributed by atoms with Gasteiger partial charge in [0.2, 0.25) is 6.33 Å². The zero-order valence-electron chi connectivity index (χ0n) is 15.9. The minimum absolute atomic E-state index is 1.16. The fourth-order valence-corrected chi connectivity index (χ4v) is 3.02. The lowest BCUT2D eigenvalue weighted by molar-refractivity contribution is -0.672. The maximum Gasteiger partial charge on any atom is 0.673 e. The third kappa shape index (κ3) is 9.25. The standard InChI is InChI=1S/C19H31N2.BF4/c1-3-5-7-11-15-20-17-21(16-12-8-6-4-2)19-14-10-9-13-18(19)20;2-1(3,4)5/h9-10,13-14,17H,3-8,11-12,15-16H2,1-2H3;/q+1;-1. The number of hydrogen-bond donors (Lipinski definition) is 0. The highest BCUT2D eigenvalue weighted by Gasteiger charge is 2.20. The molecule has 7 heteroatoms. The highest BCUT2D eigenvalue weighted by molar-refractivity contribution is 6.50. The highest BCUT2D eigenvalue weighted by atomic mass is 19.5. The molecular weight excluding hydrogens is 343 g/mol. The number of fused-ring (bicyclic) bond motifs is 1. The number of aryl methyl sites for hydroxylation is 2. The van der Waals surface area contributed by atoms with Crippen LogP contribution in [0.2, 0.25) is 0 Å². The molecule has 2 nitrogen and oxygen atoms in total. The topological polar surface area (TPSA) is 8.81 Å². The Kier molecular flexibility index (Phi) is 10.4.